The molecule has 0 bridgehead atoms. The number of carbonyl (C=O) groups excluding carboxylic acids is 1. The van der Waals surface area contributed by atoms with Gasteiger partial charge in [0.05, 0.1) is 12.0 Å². The number of amides is 1. The van der Waals surface area contributed by atoms with Crippen molar-refractivity contribution in [1.29, 1.82) is 0 Å². The van der Waals surface area contributed by atoms with Crippen LogP contribution in [0.1, 0.15) is 18.1 Å². The van der Waals surface area contributed by atoms with Crippen molar-refractivity contribution < 1.29 is 18.0 Å². The predicted octanol–water partition coefficient (Wildman–Crippen LogP) is 2.49. The zero-order valence-electron chi connectivity index (χ0n) is 11.6. The number of nitrogens with one attached hydrogen (secondary N) is 1. The molecule has 3 nitrogen and oxygen atoms in total. The van der Waals surface area contributed by atoms with E-state index in [-0.39, 0.29) is 30.8 Å². The van der Waals surface area contributed by atoms with E-state index in [1.54, 1.807) is 4.90 Å². The van der Waals surface area contributed by atoms with Crippen LogP contribution in [0.2, 0.25) is 0 Å². The summed E-state index contributed by atoms with van der Waals surface area (Å²) in [5, 5.41) is 3.19. The van der Waals surface area contributed by atoms with Gasteiger partial charge < -0.3 is 10.2 Å². The Morgan fingerprint density at radius 3 is 2.48 bits per heavy atom. The van der Waals surface area contributed by atoms with Crippen molar-refractivity contribution in [3.05, 3.63) is 35.4 Å². The van der Waals surface area contributed by atoms with E-state index in [4.69, 9.17) is 0 Å². The van der Waals surface area contributed by atoms with Crippen molar-refractivity contribution in [2.45, 2.75) is 25.6 Å². The van der Waals surface area contributed by atoms with E-state index in [1.165, 1.54) is 12.1 Å². The SMILES string of the molecule is C[C@H]1CNCCN1C(=O)Cc1ccc(C(F)(F)F)cc1.Cl. The van der Waals surface area contributed by atoms with Gasteiger partial charge in [0.1, 0.15) is 0 Å². The summed E-state index contributed by atoms with van der Waals surface area (Å²) in [4.78, 5) is 13.9. The first kappa shape index (κ1) is 17.8. The minimum atomic E-state index is -4.34. The average molecular weight is 323 g/mol. The number of piperazine rings is 1. The van der Waals surface area contributed by atoms with Gasteiger partial charge in [0.15, 0.2) is 0 Å². The van der Waals surface area contributed by atoms with E-state index < -0.39 is 11.7 Å². The number of rotatable bonds is 2. The Kier molecular flexibility index (Phi) is 6.04. The molecule has 21 heavy (non-hydrogen) atoms. The number of benzene rings is 1. The molecule has 1 aliphatic heterocycles. The lowest BCUT2D eigenvalue weighted by Gasteiger charge is -2.34. The Bertz CT molecular complexity index is 476. The molecule has 0 aromatic heterocycles. The first-order chi connectivity index (χ1) is 9.38. The van der Waals surface area contributed by atoms with Crippen molar-refractivity contribution in [2.24, 2.45) is 0 Å². The van der Waals surface area contributed by atoms with Gasteiger partial charge in [-0.25, -0.2) is 0 Å². The molecule has 0 unspecified atom stereocenters. The van der Waals surface area contributed by atoms with Crippen LogP contribution in [-0.4, -0.2) is 36.5 Å². The summed E-state index contributed by atoms with van der Waals surface area (Å²) in [6.07, 6.45) is -4.20. The Hall–Kier alpha value is -1.27. The van der Waals surface area contributed by atoms with Gasteiger partial charge >= 0.3 is 6.18 Å². The largest absolute Gasteiger partial charge is 0.416 e. The summed E-state index contributed by atoms with van der Waals surface area (Å²) in [6, 6.07) is 4.89. The smallest absolute Gasteiger partial charge is 0.337 e. The first-order valence-corrected chi connectivity index (χ1v) is 6.54. The lowest BCUT2D eigenvalue weighted by atomic mass is 10.1. The molecule has 1 aliphatic rings. The third-order valence-corrected chi connectivity index (χ3v) is 3.46. The second kappa shape index (κ2) is 7.13. The minimum Gasteiger partial charge on any atom is -0.337 e. The maximum atomic E-state index is 12.4. The van der Waals surface area contributed by atoms with Crippen LogP contribution >= 0.6 is 12.4 Å². The molecular formula is C14H18ClF3N2O. The van der Waals surface area contributed by atoms with Gasteiger partial charge in [0.25, 0.3) is 0 Å². The van der Waals surface area contributed by atoms with Crippen LogP contribution in [0.3, 0.4) is 0 Å². The number of hydrogen-bond acceptors (Lipinski definition) is 2. The number of nitrogens with zero attached hydrogens (tertiary/aromatic N) is 1. The van der Waals surface area contributed by atoms with Gasteiger partial charge in [-0.05, 0) is 24.6 Å². The average Bonchev–Trinajstić information content (AvgIpc) is 2.38. The van der Waals surface area contributed by atoms with Crippen LogP contribution in [0.25, 0.3) is 0 Å². The summed E-state index contributed by atoms with van der Waals surface area (Å²) in [7, 11) is 0. The third-order valence-electron chi connectivity index (χ3n) is 3.46. The van der Waals surface area contributed by atoms with Crippen molar-refractivity contribution in [1.82, 2.24) is 10.2 Å². The van der Waals surface area contributed by atoms with Crippen molar-refractivity contribution in [3.8, 4) is 0 Å². The quantitative estimate of drug-likeness (QED) is 0.907. The van der Waals surface area contributed by atoms with Crippen molar-refractivity contribution in [3.63, 3.8) is 0 Å². The van der Waals surface area contributed by atoms with Gasteiger partial charge in [-0.2, -0.15) is 13.2 Å². The maximum Gasteiger partial charge on any atom is 0.416 e. The molecule has 1 N–H and O–H groups in total. The number of carbonyl (C=O) groups is 1. The Morgan fingerprint density at radius 1 is 1.33 bits per heavy atom. The van der Waals surface area contributed by atoms with Crippen LogP contribution in [0, 0.1) is 0 Å². The summed E-state index contributed by atoms with van der Waals surface area (Å²) in [5.74, 6) is -0.0428. The molecular weight excluding hydrogens is 305 g/mol. The Labute approximate surface area is 127 Å². The van der Waals surface area contributed by atoms with Crippen LogP contribution in [0.4, 0.5) is 13.2 Å². The fraction of sp³-hybridized carbons (Fsp3) is 0.500. The minimum absolute atomic E-state index is 0. The van der Waals surface area contributed by atoms with Gasteiger partial charge in [0.2, 0.25) is 5.91 Å². The second-order valence-corrected chi connectivity index (χ2v) is 5.01. The fourth-order valence-electron chi connectivity index (χ4n) is 2.30. The molecule has 0 saturated carbocycles. The normalized spacial score (nSPS) is 19.0. The van der Waals surface area contributed by atoms with Gasteiger partial charge in [-0.15, -0.1) is 12.4 Å². The van der Waals surface area contributed by atoms with Gasteiger partial charge in [0, 0.05) is 25.7 Å². The monoisotopic (exact) mass is 322 g/mol. The van der Waals surface area contributed by atoms with E-state index in [0.29, 0.717) is 12.1 Å². The molecule has 1 amide bonds. The summed E-state index contributed by atoms with van der Waals surface area (Å²) in [6.45, 7) is 4.10. The third kappa shape index (κ3) is 4.61. The van der Waals surface area contributed by atoms with Gasteiger partial charge in [-0.3, -0.25) is 4.79 Å². The van der Waals surface area contributed by atoms with E-state index in [0.717, 1.165) is 25.2 Å². The van der Waals surface area contributed by atoms with E-state index in [2.05, 4.69) is 5.32 Å². The lowest BCUT2D eigenvalue weighted by Crippen LogP contribution is -2.52. The van der Waals surface area contributed by atoms with E-state index in [1.807, 2.05) is 6.92 Å². The second-order valence-electron chi connectivity index (χ2n) is 5.01. The highest BCUT2D eigenvalue weighted by molar-refractivity contribution is 5.85. The number of halogens is 4. The lowest BCUT2D eigenvalue weighted by molar-refractivity contribution is -0.137. The highest BCUT2D eigenvalue weighted by atomic mass is 35.5. The fourth-order valence-corrected chi connectivity index (χ4v) is 2.30. The summed E-state index contributed by atoms with van der Waals surface area (Å²) >= 11 is 0. The topological polar surface area (TPSA) is 32.3 Å². The van der Waals surface area contributed by atoms with Crippen molar-refractivity contribution >= 4 is 18.3 Å². The molecule has 7 heteroatoms. The van der Waals surface area contributed by atoms with E-state index >= 15 is 0 Å². The molecule has 1 saturated heterocycles. The van der Waals surface area contributed by atoms with Gasteiger partial charge in [-0.1, -0.05) is 12.1 Å². The zero-order chi connectivity index (χ0) is 14.8. The molecule has 118 valence electrons. The number of hydrogen-bond donors (Lipinski definition) is 1. The summed E-state index contributed by atoms with van der Waals surface area (Å²) in [5.41, 5.74) is -0.0852. The molecule has 2 rings (SSSR count). The molecule has 1 aromatic carbocycles. The Balaban J connectivity index is 0.00000220. The Morgan fingerprint density at radius 2 is 1.95 bits per heavy atom. The van der Waals surface area contributed by atoms with Crippen LogP contribution < -0.4 is 5.32 Å². The van der Waals surface area contributed by atoms with Crippen LogP contribution in [-0.2, 0) is 17.4 Å². The molecule has 1 heterocycles. The summed E-state index contributed by atoms with van der Waals surface area (Å²) < 4.78 is 37.3. The maximum absolute atomic E-state index is 12.4. The van der Waals surface area contributed by atoms with Crippen LogP contribution in [0.5, 0.6) is 0 Å². The molecule has 0 radical (unpaired) electrons. The van der Waals surface area contributed by atoms with Crippen molar-refractivity contribution in [2.75, 3.05) is 19.6 Å². The molecule has 1 aromatic rings. The van der Waals surface area contributed by atoms with E-state index in [9.17, 15) is 18.0 Å². The number of alkyl halides is 3. The molecule has 1 atom stereocenters. The predicted molar refractivity (Wildman–Crippen MR) is 76.4 cm³/mol. The zero-order valence-corrected chi connectivity index (χ0v) is 12.4. The molecule has 0 aliphatic carbocycles. The molecule has 1 fully saturated rings. The first-order valence-electron chi connectivity index (χ1n) is 6.54. The molecule has 0 spiro atoms. The highest BCUT2D eigenvalue weighted by Crippen LogP contribution is 2.29. The standard InChI is InChI=1S/C14H17F3N2O.ClH/c1-10-9-18-6-7-19(10)13(20)8-11-2-4-12(5-3-11)14(15,16)17;/h2-5,10,18H,6-9H2,1H3;1H/t10-;/m0./s1. The highest BCUT2D eigenvalue weighted by Gasteiger charge is 2.30. The van der Waals surface area contributed by atoms with Crippen LogP contribution in [0.15, 0.2) is 24.3 Å².